The Bertz CT molecular complexity index is 1250. The highest BCUT2D eigenvalue weighted by molar-refractivity contribution is 7.12. The molecule has 0 atom stereocenters. The zero-order chi connectivity index (χ0) is 20.5. The van der Waals surface area contributed by atoms with Gasteiger partial charge in [0, 0.05) is 11.1 Å². The third-order valence-corrected chi connectivity index (χ3v) is 5.73. The first-order valence-electron chi connectivity index (χ1n) is 8.68. The maximum atomic E-state index is 12.8. The van der Waals surface area contributed by atoms with E-state index in [2.05, 4.69) is 0 Å². The number of thiophene rings is 1. The molecule has 0 radical (unpaired) electrons. The molecular formula is C22H15ClO5S. The molecule has 2 heterocycles. The molecule has 0 aliphatic rings. The minimum atomic E-state index is -0.463. The molecule has 29 heavy (non-hydrogen) atoms. The Hall–Kier alpha value is -3.09. The Kier molecular flexibility index (Phi) is 5.13. The molecular weight excluding hydrogens is 412 g/mol. The van der Waals surface area contributed by atoms with Crippen molar-refractivity contribution in [2.24, 2.45) is 0 Å². The second-order valence-electron chi connectivity index (χ2n) is 6.43. The largest absolute Gasteiger partial charge is 0.460 e. The van der Waals surface area contributed by atoms with Crippen LogP contribution in [0.1, 0.15) is 20.8 Å². The summed E-state index contributed by atoms with van der Waals surface area (Å²) in [6, 6.07) is 11.6. The number of esters is 1. The summed E-state index contributed by atoms with van der Waals surface area (Å²) in [6.45, 7) is 3.73. The summed E-state index contributed by atoms with van der Waals surface area (Å²) in [4.78, 5) is 25.3. The van der Waals surface area contributed by atoms with Crippen molar-refractivity contribution in [3.8, 4) is 17.2 Å². The predicted octanol–water partition coefficient (Wildman–Crippen LogP) is 6.14. The van der Waals surface area contributed by atoms with Gasteiger partial charge in [-0.05, 0) is 60.7 Å². The van der Waals surface area contributed by atoms with Crippen molar-refractivity contribution in [1.82, 2.24) is 0 Å². The Morgan fingerprint density at radius 1 is 1.07 bits per heavy atom. The summed E-state index contributed by atoms with van der Waals surface area (Å²) in [5.74, 6) is 0.381. The molecule has 0 unspecified atom stereocenters. The first-order chi connectivity index (χ1) is 13.9. The third kappa shape index (κ3) is 3.90. The summed E-state index contributed by atoms with van der Waals surface area (Å²) in [5.41, 5.74) is 1.67. The normalized spacial score (nSPS) is 10.9. The first kappa shape index (κ1) is 19.2. The van der Waals surface area contributed by atoms with Crippen LogP contribution in [0.3, 0.4) is 0 Å². The number of ether oxygens (including phenoxy) is 2. The summed E-state index contributed by atoms with van der Waals surface area (Å²) in [5, 5.41) is 2.77. The molecule has 4 aromatic rings. The molecule has 4 rings (SSSR count). The van der Waals surface area contributed by atoms with Crippen LogP contribution in [0.25, 0.3) is 11.0 Å². The van der Waals surface area contributed by atoms with Gasteiger partial charge in [0.05, 0.1) is 5.39 Å². The Morgan fingerprint density at radius 3 is 2.52 bits per heavy atom. The third-order valence-electron chi connectivity index (χ3n) is 4.29. The number of hydrogen-bond acceptors (Lipinski definition) is 6. The fourth-order valence-corrected chi connectivity index (χ4v) is 3.58. The number of aryl methyl sites for hydroxylation is 2. The van der Waals surface area contributed by atoms with Gasteiger partial charge in [0.15, 0.2) is 0 Å². The number of carbonyl (C=O) groups excluding carboxylic acids is 1. The van der Waals surface area contributed by atoms with E-state index in [1.54, 1.807) is 41.8 Å². The van der Waals surface area contributed by atoms with Crippen molar-refractivity contribution in [2.45, 2.75) is 13.8 Å². The summed E-state index contributed by atoms with van der Waals surface area (Å²) >= 11 is 7.46. The highest BCUT2D eigenvalue weighted by atomic mass is 35.5. The van der Waals surface area contributed by atoms with Gasteiger partial charge in [0.1, 0.15) is 28.2 Å². The van der Waals surface area contributed by atoms with Gasteiger partial charge < -0.3 is 13.9 Å². The molecule has 0 bridgehead atoms. The van der Waals surface area contributed by atoms with E-state index in [1.165, 1.54) is 23.7 Å². The maximum absolute atomic E-state index is 12.8. The first-order valence-corrected chi connectivity index (χ1v) is 9.94. The van der Waals surface area contributed by atoms with Crippen LogP contribution in [-0.4, -0.2) is 5.97 Å². The number of halogens is 1. The molecule has 0 aliphatic carbocycles. The standard InChI is InChI=1S/C22H15ClO5S/c1-12-8-15(9-13(2)20(12)23)27-18-11-26-17-10-14(5-6-16(17)21(18)24)28-22(25)19-4-3-7-29-19/h3-11H,1-2H3. The van der Waals surface area contributed by atoms with Gasteiger partial charge in [0.25, 0.3) is 0 Å². The highest BCUT2D eigenvalue weighted by Gasteiger charge is 2.14. The smallest absolute Gasteiger partial charge is 0.353 e. The minimum Gasteiger partial charge on any atom is -0.460 e. The Balaban J connectivity index is 1.63. The van der Waals surface area contributed by atoms with Gasteiger partial charge in [-0.3, -0.25) is 4.79 Å². The molecule has 2 aromatic carbocycles. The molecule has 2 aromatic heterocycles. The van der Waals surface area contributed by atoms with E-state index in [0.29, 0.717) is 26.6 Å². The van der Waals surface area contributed by atoms with Crippen LogP contribution < -0.4 is 14.9 Å². The van der Waals surface area contributed by atoms with E-state index < -0.39 is 5.97 Å². The van der Waals surface area contributed by atoms with Crippen LogP contribution >= 0.6 is 22.9 Å². The van der Waals surface area contributed by atoms with Crippen LogP contribution in [-0.2, 0) is 0 Å². The molecule has 0 saturated heterocycles. The summed E-state index contributed by atoms with van der Waals surface area (Å²) in [6.07, 6.45) is 1.24. The molecule has 7 heteroatoms. The zero-order valence-electron chi connectivity index (χ0n) is 15.5. The van der Waals surface area contributed by atoms with E-state index in [0.717, 1.165) is 11.1 Å². The number of carbonyl (C=O) groups is 1. The fraction of sp³-hybridized carbons (Fsp3) is 0.0909. The quantitative estimate of drug-likeness (QED) is 0.290. The van der Waals surface area contributed by atoms with Crippen molar-refractivity contribution in [2.75, 3.05) is 0 Å². The lowest BCUT2D eigenvalue weighted by atomic mass is 10.1. The monoisotopic (exact) mass is 426 g/mol. The van der Waals surface area contributed by atoms with Gasteiger partial charge in [-0.15, -0.1) is 11.3 Å². The van der Waals surface area contributed by atoms with Crippen molar-refractivity contribution >= 4 is 39.9 Å². The van der Waals surface area contributed by atoms with Crippen molar-refractivity contribution in [3.05, 3.63) is 85.4 Å². The molecule has 0 fully saturated rings. The van der Waals surface area contributed by atoms with Crippen molar-refractivity contribution < 1.29 is 18.7 Å². The lowest BCUT2D eigenvalue weighted by Gasteiger charge is -2.10. The molecule has 146 valence electrons. The lowest BCUT2D eigenvalue weighted by Crippen LogP contribution is -2.08. The van der Waals surface area contributed by atoms with Crippen LogP contribution in [0.2, 0.25) is 5.02 Å². The Morgan fingerprint density at radius 2 is 1.83 bits per heavy atom. The fourth-order valence-electron chi connectivity index (χ4n) is 2.87. The summed E-state index contributed by atoms with van der Waals surface area (Å²) < 4.78 is 16.6. The second kappa shape index (κ2) is 7.73. The number of rotatable bonds is 4. The lowest BCUT2D eigenvalue weighted by molar-refractivity contribution is 0.0740. The molecule has 5 nitrogen and oxygen atoms in total. The van der Waals surface area contributed by atoms with Crippen LogP contribution in [0, 0.1) is 13.8 Å². The maximum Gasteiger partial charge on any atom is 0.353 e. The van der Waals surface area contributed by atoms with Gasteiger partial charge in [-0.2, -0.15) is 0 Å². The van der Waals surface area contributed by atoms with Crippen LogP contribution in [0.15, 0.2) is 63.3 Å². The molecule has 0 amide bonds. The van der Waals surface area contributed by atoms with E-state index in [9.17, 15) is 9.59 Å². The van der Waals surface area contributed by atoms with Gasteiger partial charge in [-0.25, -0.2) is 4.79 Å². The van der Waals surface area contributed by atoms with E-state index >= 15 is 0 Å². The van der Waals surface area contributed by atoms with Crippen molar-refractivity contribution in [3.63, 3.8) is 0 Å². The van der Waals surface area contributed by atoms with Crippen LogP contribution in [0.4, 0.5) is 0 Å². The Labute approximate surface area is 175 Å². The number of benzene rings is 2. The SMILES string of the molecule is Cc1cc(Oc2coc3cc(OC(=O)c4cccs4)ccc3c2=O)cc(C)c1Cl. The molecule has 0 saturated carbocycles. The predicted molar refractivity (Wildman–Crippen MR) is 113 cm³/mol. The highest BCUT2D eigenvalue weighted by Crippen LogP contribution is 2.29. The number of hydrogen-bond donors (Lipinski definition) is 0. The van der Waals surface area contributed by atoms with Gasteiger partial charge >= 0.3 is 5.97 Å². The molecule has 0 N–H and O–H groups in total. The number of fused-ring (bicyclic) bond motifs is 1. The van der Waals surface area contributed by atoms with E-state index in [4.69, 9.17) is 25.5 Å². The van der Waals surface area contributed by atoms with E-state index in [1.807, 2.05) is 13.8 Å². The van der Waals surface area contributed by atoms with Gasteiger partial charge in [-0.1, -0.05) is 17.7 Å². The van der Waals surface area contributed by atoms with Crippen LogP contribution in [0.5, 0.6) is 17.2 Å². The topological polar surface area (TPSA) is 65.7 Å². The van der Waals surface area contributed by atoms with Gasteiger partial charge in [0.2, 0.25) is 11.2 Å². The zero-order valence-corrected chi connectivity index (χ0v) is 17.1. The summed E-state index contributed by atoms with van der Waals surface area (Å²) in [7, 11) is 0. The van der Waals surface area contributed by atoms with E-state index in [-0.39, 0.29) is 16.9 Å². The minimum absolute atomic E-state index is 0.0574. The molecule has 0 spiro atoms. The second-order valence-corrected chi connectivity index (χ2v) is 7.75. The molecule has 0 aliphatic heterocycles. The average Bonchev–Trinajstić information content (AvgIpc) is 3.23. The average molecular weight is 427 g/mol. The van der Waals surface area contributed by atoms with Crippen molar-refractivity contribution in [1.29, 1.82) is 0 Å².